The first-order chi connectivity index (χ1) is 5.56. The van der Waals surface area contributed by atoms with Gasteiger partial charge in [-0.1, -0.05) is 6.92 Å². The highest BCUT2D eigenvalue weighted by Crippen LogP contribution is 2.36. The average molecular weight is 193 g/mol. The maximum Gasteiger partial charge on any atom is 0.256 e. The fraction of sp³-hybridized carbons (Fsp3) is 1.00. The third-order valence-electron chi connectivity index (χ3n) is 0.900. The van der Waals surface area contributed by atoms with Gasteiger partial charge in [0.05, 0.1) is 12.2 Å². The van der Waals surface area contributed by atoms with Crippen molar-refractivity contribution in [3.63, 3.8) is 0 Å². The van der Waals surface area contributed by atoms with Crippen LogP contribution in [0.2, 0.25) is 0 Å². The minimum absolute atomic E-state index is 0.217. The van der Waals surface area contributed by atoms with Crippen molar-refractivity contribution in [2.24, 2.45) is 0 Å². The van der Waals surface area contributed by atoms with Crippen LogP contribution in [0.25, 0.3) is 0 Å². The van der Waals surface area contributed by atoms with Crippen molar-refractivity contribution in [3.8, 4) is 0 Å². The van der Waals surface area contributed by atoms with E-state index in [9.17, 15) is 0 Å². The van der Waals surface area contributed by atoms with Crippen LogP contribution >= 0.6 is 8.53 Å². The van der Waals surface area contributed by atoms with E-state index in [1.165, 1.54) is 0 Å². The molecular weight excluding hydrogens is 173 g/mol. The van der Waals surface area contributed by atoms with Crippen molar-refractivity contribution < 1.29 is 9.05 Å². The summed E-state index contributed by atoms with van der Waals surface area (Å²) in [5.74, 6) is 0. The molecule has 0 aromatic heterocycles. The molecule has 0 aliphatic heterocycles. The maximum absolute atomic E-state index is 5.53. The molecule has 0 amide bonds. The van der Waals surface area contributed by atoms with Crippen LogP contribution < -0.4 is 5.09 Å². The molecule has 1 N–H and O–H groups in total. The zero-order chi connectivity index (χ0) is 9.56. The number of nitrogens with one attached hydrogen (secondary N) is 1. The summed E-state index contributed by atoms with van der Waals surface area (Å²) in [5.41, 5.74) is 0. The second kappa shape index (κ2) is 6.79. The highest BCUT2D eigenvalue weighted by molar-refractivity contribution is 7.45. The standard InChI is InChI=1S/C8H20NO2P/c1-6-9-12(10-7(2)3)11-8(4)5/h7-9H,6H2,1-5H3. The van der Waals surface area contributed by atoms with Gasteiger partial charge in [0.15, 0.2) is 0 Å². The van der Waals surface area contributed by atoms with Crippen molar-refractivity contribution in [1.29, 1.82) is 0 Å². The normalized spacial score (nSPS) is 12.0. The first-order valence-electron chi connectivity index (χ1n) is 4.43. The Balaban J connectivity index is 3.69. The molecule has 0 radical (unpaired) electrons. The number of hydrogen-bond donors (Lipinski definition) is 1. The van der Waals surface area contributed by atoms with E-state index in [-0.39, 0.29) is 12.2 Å². The molecule has 0 atom stereocenters. The predicted molar refractivity (Wildman–Crippen MR) is 53.0 cm³/mol. The van der Waals surface area contributed by atoms with Crippen LogP contribution in [0.15, 0.2) is 0 Å². The highest BCUT2D eigenvalue weighted by Gasteiger charge is 2.12. The Labute approximate surface area is 76.8 Å². The van der Waals surface area contributed by atoms with E-state index in [0.717, 1.165) is 6.54 Å². The van der Waals surface area contributed by atoms with Crippen molar-refractivity contribution in [2.75, 3.05) is 6.54 Å². The van der Waals surface area contributed by atoms with Crippen LogP contribution in [0.4, 0.5) is 0 Å². The van der Waals surface area contributed by atoms with Gasteiger partial charge < -0.3 is 9.05 Å². The van der Waals surface area contributed by atoms with Crippen LogP contribution in [0.1, 0.15) is 34.6 Å². The molecule has 0 heterocycles. The van der Waals surface area contributed by atoms with Gasteiger partial charge in [0.2, 0.25) is 0 Å². The molecule has 0 aliphatic carbocycles. The fourth-order valence-corrected chi connectivity index (χ4v) is 1.83. The Morgan fingerprint density at radius 2 is 1.50 bits per heavy atom. The summed E-state index contributed by atoms with van der Waals surface area (Å²) in [7, 11) is -0.890. The molecule has 0 rings (SSSR count). The summed E-state index contributed by atoms with van der Waals surface area (Å²) in [6.07, 6.45) is 0.433. The summed E-state index contributed by atoms with van der Waals surface area (Å²) >= 11 is 0. The Morgan fingerprint density at radius 1 is 1.08 bits per heavy atom. The van der Waals surface area contributed by atoms with Gasteiger partial charge in [0.1, 0.15) is 0 Å². The third kappa shape index (κ3) is 6.99. The molecule has 0 aromatic carbocycles. The third-order valence-corrected chi connectivity index (χ3v) is 2.70. The lowest BCUT2D eigenvalue weighted by molar-refractivity contribution is 0.172. The molecule has 0 unspecified atom stereocenters. The Bertz CT molecular complexity index is 99.2. The number of hydrogen-bond acceptors (Lipinski definition) is 3. The zero-order valence-electron chi connectivity index (χ0n) is 8.63. The molecule has 74 valence electrons. The SMILES string of the molecule is CCNP(OC(C)C)OC(C)C. The van der Waals surface area contributed by atoms with Crippen molar-refractivity contribution in [1.82, 2.24) is 5.09 Å². The minimum Gasteiger partial charge on any atom is -0.319 e. The van der Waals surface area contributed by atoms with Crippen LogP contribution in [-0.4, -0.2) is 18.8 Å². The molecule has 4 heteroatoms. The molecule has 0 aromatic rings. The fourth-order valence-electron chi connectivity index (χ4n) is 0.611. The molecule has 12 heavy (non-hydrogen) atoms. The lowest BCUT2D eigenvalue weighted by Crippen LogP contribution is -2.15. The van der Waals surface area contributed by atoms with Gasteiger partial charge in [-0.05, 0) is 27.7 Å². The predicted octanol–water partition coefficient (Wildman–Crippen LogP) is 2.67. The summed E-state index contributed by atoms with van der Waals surface area (Å²) in [6.45, 7) is 11.0. The average Bonchev–Trinajstić information content (AvgIpc) is 1.84. The van der Waals surface area contributed by atoms with Crippen LogP contribution in [0, 0.1) is 0 Å². The first-order valence-corrected chi connectivity index (χ1v) is 5.61. The van der Waals surface area contributed by atoms with Crippen LogP contribution in [0.5, 0.6) is 0 Å². The maximum atomic E-state index is 5.53. The highest BCUT2D eigenvalue weighted by atomic mass is 31.2. The lowest BCUT2D eigenvalue weighted by Gasteiger charge is -2.21. The Morgan fingerprint density at radius 3 is 1.75 bits per heavy atom. The molecule has 0 saturated heterocycles. The smallest absolute Gasteiger partial charge is 0.256 e. The number of rotatable bonds is 6. The Hall–Kier alpha value is 0.310. The van der Waals surface area contributed by atoms with Gasteiger partial charge >= 0.3 is 0 Å². The summed E-state index contributed by atoms with van der Waals surface area (Å²) in [4.78, 5) is 0. The van der Waals surface area contributed by atoms with E-state index in [2.05, 4.69) is 5.09 Å². The topological polar surface area (TPSA) is 30.5 Å². The summed E-state index contributed by atoms with van der Waals surface area (Å²) in [5, 5.41) is 3.17. The zero-order valence-corrected chi connectivity index (χ0v) is 9.52. The largest absolute Gasteiger partial charge is 0.319 e. The van der Waals surface area contributed by atoms with Gasteiger partial charge in [0.25, 0.3) is 8.53 Å². The van der Waals surface area contributed by atoms with E-state index in [1.807, 2.05) is 34.6 Å². The van der Waals surface area contributed by atoms with Crippen molar-refractivity contribution in [2.45, 2.75) is 46.8 Å². The van der Waals surface area contributed by atoms with Gasteiger partial charge in [0, 0.05) is 6.54 Å². The molecule has 0 fully saturated rings. The van der Waals surface area contributed by atoms with Gasteiger partial charge in [-0.2, -0.15) is 0 Å². The monoisotopic (exact) mass is 193 g/mol. The quantitative estimate of drug-likeness (QED) is 0.658. The second-order valence-electron chi connectivity index (χ2n) is 3.08. The van der Waals surface area contributed by atoms with Crippen LogP contribution in [0.3, 0.4) is 0 Å². The first kappa shape index (κ1) is 12.3. The lowest BCUT2D eigenvalue weighted by atomic mass is 10.5. The molecule has 3 nitrogen and oxygen atoms in total. The molecular formula is C8H20NO2P. The van der Waals surface area contributed by atoms with E-state index < -0.39 is 8.53 Å². The van der Waals surface area contributed by atoms with E-state index >= 15 is 0 Å². The van der Waals surface area contributed by atoms with Crippen molar-refractivity contribution in [3.05, 3.63) is 0 Å². The van der Waals surface area contributed by atoms with Crippen molar-refractivity contribution >= 4 is 8.53 Å². The summed E-state index contributed by atoms with van der Waals surface area (Å²) < 4.78 is 11.1. The second-order valence-corrected chi connectivity index (χ2v) is 4.33. The molecule has 0 spiro atoms. The molecule has 0 aliphatic rings. The van der Waals surface area contributed by atoms with Gasteiger partial charge in [-0.3, -0.25) is 5.09 Å². The summed E-state index contributed by atoms with van der Waals surface area (Å²) in [6, 6.07) is 0. The van der Waals surface area contributed by atoms with E-state index in [4.69, 9.17) is 9.05 Å². The molecule has 0 saturated carbocycles. The van der Waals surface area contributed by atoms with E-state index in [1.54, 1.807) is 0 Å². The molecule has 0 bridgehead atoms. The van der Waals surface area contributed by atoms with Crippen LogP contribution in [-0.2, 0) is 9.05 Å². The Kier molecular flexibility index (Phi) is 6.96. The van der Waals surface area contributed by atoms with E-state index in [0.29, 0.717) is 0 Å². The van der Waals surface area contributed by atoms with Gasteiger partial charge in [-0.15, -0.1) is 0 Å². The van der Waals surface area contributed by atoms with Gasteiger partial charge in [-0.25, -0.2) is 0 Å². The minimum atomic E-state index is -0.890.